The van der Waals surface area contributed by atoms with Crippen LogP contribution in [-0.2, 0) is 29.0 Å². The highest BCUT2D eigenvalue weighted by molar-refractivity contribution is 7.92. The number of nitrogens with one attached hydrogen (secondary N) is 3. The van der Waals surface area contributed by atoms with Gasteiger partial charge in [0.25, 0.3) is 5.91 Å². The molecule has 0 aromatic carbocycles. The zero-order chi connectivity index (χ0) is 33.7. The standard InChI is InChI=1S/C31H53N5O7S/c1-16(2)20(15-44(42,43)30(6,7)8)34-28(41)35-24(29(3,4)5)27(40)36-14-18-21(31(18,9)10)22(36)26(39)33-19(13-17-11-12-17)23(37)25(32)38/h16-22,24H,11-15H2,1-10H3,(H2,32,38)(H,33,39)(H2,34,35,41)/t18?,19?,20?,21?,22?,24-/m1/s1. The van der Waals surface area contributed by atoms with Crippen LogP contribution in [-0.4, -0.2) is 84.1 Å². The number of amides is 5. The molecule has 3 aliphatic rings. The molecular formula is C31H53N5O7S. The molecule has 0 aromatic heterocycles. The van der Waals surface area contributed by atoms with E-state index in [0.717, 1.165) is 12.8 Å². The van der Waals surface area contributed by atoms with E-state index < -0.39 is 73.7 Å². The molecule has 44 heavy (non-hydrogen) atoms. The average molecular weight is 640 g/mol. The molecule has 6 atom stereocenters. The van der Waals surface area contributed by atoms with Crippen molar-refractivity contribution in [2.24, 2.45) is 40.2 Å². The van der Waals surface area contributed by atoms with E-state index >= 15 is 0 Å². The molecule has 0 bridgehead atoms. The monoisotopic (exact) mass is 639 g/mol. The summed E-state index contributed by atoms with van der Waals surface area (Å²) in [5, 5.41) is 8.29. The molecule has 1 heterocycles. The highest BCUT2D eigenvalue weighted by atomic mass is 32.2. The summed E-state index contributed by atoms with van der Waals surface area (Å²) in [5.41, 5.74) is 4.30. The molecule has 0 radical (unpaired) electrons. The van der Waals surface area contributed by atoms with Gasteiger partial charge >= 0.3 is 6.03 Å². The Hall–Kier alpha value is -2.70. The molecule has 0 aromatic rings. The number of nitrogens with two attached hydrogens (primary N) is 1. The fourth-order valence-corrected chi connectivity index (χ4v) is 7.64. The number of piperidine rings is 1. The lowest BCUT2D eigenvalue weighted by atomic mass is 9.85. The van der Waals surface area contributed by atoms with Crippen LogP contribution in [0.4, 0.5) is 4.79 Å². The molecular weight excluding hydrogens is 586 g/mol. The van der Waals surface area contributed by atoms with Crippen molar-refractivity contribution >= 4 is 39.4 Å². The Bertz CT molecular complexity index is 1280. The predicted octanol–water partition coefficient (Wildman–Crippen LogP) is 1.76. The van der Waals surface area contributed by atoms with Gasteiger partial charge in [0.05, 0.1) is 16.5 Å². The summed E-state index contributed by atoms with van der Waals surface area (Å²) in [4.78, 5) is 67.0. The van der Waals surface area contributed by atoms with Crippen LogP contribution in [0.15, 0.2) is 0 Å². The molecule has 250 valence electrons. The van der Waals surface area contributed by atoms with Crippen molar-refractivity contribution in [1.82, 2.24) is 20.9 Å². The van der Waals surface area contributed by atoms with Gasteiger partial charge in [-0.15, -0.1) is 0 Å². The minimum absolute atomic E-state index is 0.0540. The lowest BCUT2D eigenvalue weighted by molar-refractivity contribution is -0.145. The first-order valence-electron chi connectivity index (χ1n) is 15.6. The van der Waals surface area contributed by atoms with Crippen molar-refractivity contribution < 1.29 is 32.4 Å². The van der Waals surface area contributed by atoms with Gasteiger partial charge in [-0.3, -0.25) is 19.2 Å². The fraction of sp³-hybridized carbons (Fsp3) is 0.839. The minimum atomic E-state index is -3.54. The van der Waals surface area contributed by atoms with E-state index in [1.54, 1.807) is 41.5 Å². The second kappa shape index (κ2) is 12.2. The van der Waals surface area contributed by atoms with Crippen LogP contribution in [0.25, 0.3) is 0 Å². The highest BCUT2D eigenvalue weighted by Crippen LogP contribution is 2.65. The molecule has 1 aliphatic heterocycles. The van der Waals surface area contributed by atoms with Gasteiger partial charge in [-0.05, 0) is 61.7 Å². The van der Waals surface area contributed by atoms with E-state index in [2.05, 4.69) is 16.0 Å². The molecule has 1 saturated heterocycles. The summed E-state index contributed by atoms with van der Waals surface area (Å²) in [7, 11) is -3.54. The molecule has 13 heteroatoms. The Labute approximate surface area is 262 Å². The quantitative estimate of drug-likeness (QED) is 0.234. The summed E-state index contributed by atoms with van der Waals surface area (Å²) in [6.07, 6.45) is 2.13. The number of urea groups is 1. The maximum Gasteiger partial charge on any atom is 0.315 e. The number of ketones is 1. The Morgan fingerprint density at radius 3 is 1.98 bits per heavy atom. The largest absolute Gasteiger partial charge is 0.363 e. The Morgan fingerprint density at radius 2 is 1.52 bits per heavy atom. The first-order chi connectivity index (χ1) is 19.9. The predicted molar refractivity (Wildman–Crippen MR) is 167 cm³/mol. The third kappa shape index (κ3) is 7.74. The number of fused-ring (bicyclic) bond motifs is 1. The average Bonchev–Trinajstić information content (AvgIpc) is 3.71. The van der Waals surface area contributed by atoms with Crippen molar-refractivity contribution in [2.75, 3.05) is 12.3 Å². The topological polar surface area (TPSA) is 185 Å². The Kier molecular flexibility index (Phi) is 9.96. The number of sulfone groups is 1. The fourth-order valence-electron chi connectivity index (χ4n) is 6.20. The van der Waals surface area contributed by atoms with Crippen molar-refractivity contribution in [1.29, 1.82) is 0 Å². The summed E-state index contributed by atoms with van der Waals surface area (Å²) in [6, 6.07) is -4.35. The van der Waals surface area contributed by atoms with Crippen LogP contribution in [0.5, 0.6) is 0 Å². The van der Waals surface area contributed by atoms with E-state index in [4.69, 9.17) is 5.73 Å². The van der Waals surface area contributed by atoms with Crippen LogP contribution in [0, 0.1) is 34.5 Å². The Balaban J connectivity index is 1.82. The van der Waals surface area contributed by atoms with E-state index in [1.165, 1.54) is 4.90 Å². The van der Waals surface area contributed by atoms with Crippen molar-refractivity contribution in [2.45, 2.75) is 117 Å². The lowest BCUT2D eigenvalue weighted by Crippen LogP contribution is -2.62. The van der Waals surface area contributed by atoms with Crippen LogP contribution >= 0.6 is 0 Å². The molecule has 2 aliphatic carbocycles. The summed E-state index contributed by atoms with van der Waals surface area (Å²) < 4.78 is 24.8. The third-order valence-electron chi connectivity index (χ3n) is 9.74. The van der Waals surface area contributed by atoms with E-state index in [1.807, 2.05) is 27.7 Å². The normalized spacial score (nSPS) is 25.0. The van der Waals surface area contributed by atoms with E-state index in [9.17, 15) is 32.4 Å². The van der Waals surface area contributed by atoms with Gasteiger partial charge in [-0.2, -0.15) is 0 Å². The summed E-state index contributed by atoms with van der Waals surface area (Å²) >= 11 is 0. The molecule has 3 rings (SSSR count). The van der Waals surface area contributed by atoms with Gasteiger partial charge in [0, 0.05) is 12.6 Å². The molecule has 3 fully saturated rings. The van der Waals surface area contributed by atoms with Gasteiger partial charge in [-0.1, -0.05) is 61.3 Å². The second-order valence-electron chi connectivity index (χ2n) is 16.0. The molecule has 5 unspecified atom stereocenters. The van der Waals surface area contributed by atoms with Gasteiger partial charge in [0.2, 0.25) is 17.6 Å². The number of rotatable bonds is 12. The number of likely N-dealkylation sites (tertiary alicyclic amines) is 1. The van der Waals surface area contributed by atoms with Gasteiger partial charge in [0.1, 0.15) is 12.1 Å². The van der Waals surface area contributed by atoms with Gasteiger partial charge in [0.15, 0.2) is 9.84 Å². The van der Waals surface area contributed by atoms with Crippen LogP contribution in [0.3, 0.4) is 0 Å². The van der Waals surface area contributed by atoms with Gasteiger partial charge < -0.3 is 26.6 Å². The third-order valence-corrected chi connectivity index (χ3v) is 12.4. The Morgan fingerprint density at radius 1 is 0.955 bits per heavy atom. The summed E-state index contributed by atoms with van der Waals surface area (Å²) in [6.45, 7) is 18.2. The second-order valence-corrected chi connectivity index (χ2v) is 18.8. The van der Waals surface area contributed by atoms with Gasteiger partial charge in [-0.25, -0.2) is 13.2 Å². The maximum absolute atomic E-state index is 14.2. The molecule has 5 N–H and O–H groups in total. The minimum Gasteiger partial charge on any atom is -0.363 e. The van der Waals surface area contributed by atoms with E-state index in [-0.39, 0.29) is 34.8 Å². The lowest BCUT2D eigenvalue weighted by Gasteiger charge is -2.38. The number of primary amides is 1. The number of hydrogen-bond donors (Lipinski definition) is 4. The molecule has 5 amide bonds. The first-order valence-corrected chi connectivity index (χ1v) is 17.3. The molecule has 0 spiro atoms. The SMILES string of the molecule is CC(C)C(CS(=O)(=O)C(C)(C)C)NC(=O)N[C@H](C(=O)N1CC2C(C1C(=O)NC(CC1CC1)C(=O)C(N)=O)C2(C)C)C(C)(C)C. The number of Topliss-reactive ketones (excluding diaryl/α,β-unsaturated/α-hetero) is 1. The van der Waals surface area contributed by atoms with Crippen molar-refractivity contribution in [3.05, 3.63) is 0 Å². The zero-order valence-electron chi connectivity index (χ0n) is 27.9. The first kappa shape index (κ1) is 35.8. The van der Waals surface area contributed by atoms with Crippen LogP contribution in [0.1, 0.15) is 88.5 Å². The van der Waals surface area contributed by atoms with Crippen LogP contribution < -0.4 is 21.7 Å². The number of nitrogens with zero attached hydrogens (tertiary/aromatic N) is 1. The maximum atomic E-state index is 14.2. The number of hydrogen-bond acceptors (Lipinski definition) is 7. The van der Waals surface area contributed by atoms with Crippen molar-refractivity contribution in [3.63, 3.8) is 0 Å². The highest BCUT2D eigenvalue weighted by Gasteiger charge is 2.70. The van der Waals surface area contributed by atoms with E-state index in [0.29, 0.717) is 13.0 Å². The van der Waals surface area contributed by atoms with Crippen molar-refractivity contribution in [3.8, 4) is 0 Å². The zero-order valence-corrected chi connectivity index (χ0v) is 28.8. The number of carbonyl (C=O) groups is 5. The smallest absolute Gasteiger partial charge is 0.315 e. The molecule has 2 saturated carbocycles. The molecule has 12 nitrogen and oxygen atoms in total. The van der Waals surface area contributed by atoms with Crippen LogP contribution in [0.2, 0.25) is 0 Å². The number of carbonyl (C=O) groups excluding carboxylic acids is 5. The summed E-state index contributed by atoms with van der Waals surface area (Å²) in [5.74, 6) is -3.25.